The van der Waals surface area contributed by atoms with Crippen LogP contribution in [-0.2, 0) is 4.79 Å². The first kappa shape index (κ1) is 15.9. The highest BCUT2D eigenvalue weighted by Crippen LogP contribution is 2.15. The molecular formula is C18H18N2OS. The van der Waals surface area contributed by atoms with E-state index in [1.807, 2.05) is 56.3 Å². The number of carbonyl (C=O) groups is 1. The Labute approximate surface area is 136 Å². The Bertz CT molecular complexity index is 708. The normalized spacial score (nSPS) is 10.5. The number of nitrogens with one attached hydrogen (secondary N) is 2. The predicted molar refractivity (Wildman–Crippen MR) is 95.8 cm³/mol. The van der Waals surface area contributed by atoms with Crippen molar-refractivity contribution in [1.29, 1.82) is 0 Å². The zero-order valence-corrected chi connectivity index (χ0v) is 13.4. The molecule has 0 fully saturated rings. The molecule has 4 heteroatoms. The number of amides is 1. The molecule has 0 aliphatic carbocycles. The molecule has 2 aromatic carbocycles. The summed E-state index contributed by atoms with van der Waals surface area (Å²) >= 11 is 5.16. The zero-order chi connectivity index (χ0) is 15.9. The summed E-state index contributed by atoms with van der Waals surface area (Å²) in [6, 6.07) is 15.6. The van der Waals surface area contributed by atoms with E-state index in [4.69, 9.17) is 12.2 Å². The van der Waals surface area contributed by atoms with Gasteiger partial charge in [0, 0.05) is 11.8 Å². The van der Waals surface area contributed by atoms with Gasteiger partial charge >= 0.3 is 0 Å². The van der Waals surface area contributed by atoms with Gasteiger partial charge in [0.05, 0.1) is 0 Å². The Morgan fingerprint density at radius 1 is 1.09 bits per heavy atom. The van der Waals surface area contributed by atoms with Crippen LogP contribution >= 0.6 is 12.2 Å². The number of anilines is 1. The molecule has 0 atom stereocenters. The van der Waals surface area contributed by atoms with Crippen molar-refractivity contribution in [2.75, 3.05) is 5.32 Å². The van der Waals surface area contributed by atoms with Gasteiger partial charge in [0.2, 0.25) is 5.91 Å². The molecule has 0 radical (unpaired) electrons. The summed E-state index contributed by atoms with van der Waals surface area (Å²) in [5.41, 5.74) is 4.12. The summed E-state index contributed by atoms with van der Waals surface area (Å²) in [5.74, 6) is -0.258. The summed E-state index contributed by atoms with van der Waals surface area (Å²) < 4.78 is 0. The molecule has 2 aromatic rings. The van der Waals surface area contributed by atoms with E-state index in [2.05, 4.69) is 16.7 Å². The number of carbonyl (C=O) groups excluding carboxylic acids is 1. The molecule has 0 heterocycles. The second kappa shape index (κ2) is 7.52. The van der Waals surface area contributed by atoms with Crippen LogP contribution < -0.4 is 10.6 Å². The van der Waals surface area contributed by atoms with Crippen molar-refractivity contribution in [2.24, 2.45) is 0 Å². The Morgan fingerprint density at radius 3 is 2.50 bits per heavy atom. The van der Waals surface area contributed by atoms with Crippen molar-refractivity contribution in [3.05, 3.63) is 71.3 Å². The van der Waals surface area contributed by atoms with Gasteiger partial charge in [0.25, 0.3) is 0 Å². The highest BCUT2D eigenvalue weighted by molar-refractivity contribution is 7.80. The summed E-state index contributed by atoms with van der Waals surface area (Å²) in [7, 11) is 0. The maximum atomic E-state index is 11.8. The Morgan fingerprint density at radius 2 is 1.82 bits per heavy atom. The molecule has 0 aromatic heterocycles. The van der Waals surface area contributed by atoms with Gasteiger partial charge in [-0.05, 0) is 49.3 Å². The number of hydrogen-bond acceptors (Lipinski definition) is 2. The standard InChI is InChI=1S/C18H18N2OS/c1-13-8-10-16(14(2)12-13)19-18(22)20-17(21)11-9-15-6-4-3-5-7-15/h3-12H,1-2H3,(H2,19,20,21,22)/b11-9+. The Balaban J connectivity index is 1.91. The van der Waals surface area contributed by atoms with E-state index in [0.29, 0.717) is 0 Å². The van der Waals surface area contributed by atoms with Gasteiger partial charge in [0.15, 0.2) is 5.11 Å². The minimum Gasteiger partial charge on any atom is -0.332 e. The van der Waals surface area contributed by atoms with Crippen LogP contribution in [0.3, 0.4) is 0 Å². The van der Waals surface area contributed by atoms with Gasteiger partial charge in [0.1, 0.15) is 0 Å². The fourth-order valence-corrected chi connectivity index (χ4v) is 2.21. The maximum absolute atomic E-state index is 11.8. The molecule has 0 saturated heterocycles. The van der Waals surface area contributed by atoms with Crippen LogP contribution in [-0.4, -0.2) is 11.0 Å². The van der Waals surface area contributed by atoms with Gasteiger partial charge in [-0.15, -0.1) is 0 Å². The lowest BCUT2D eigenvalue weighted by atomic mass is 10.1. The lowest BCUT2D eigenvalue weighted by Crippen LogP contribution is -2.33. The van der Waals surface area contributed by atoms with Crippen molar-refractivity contribution >= 4 is 35.0 Å². The first-order valence-electron chi connectivity index (χ1n) is 6.97. The summed E-state index contributed by atoms with van der Waals surface area (Å²) in [5, 5.41) is 5.95. The van der Waals surface area contributed by atoms with Crippen LogP contribution in [0.25, 0.3) is 6.08 Å². The predicted octanol–water partition coefficient (Wildman–Crippen LogP) is 3.83. The first-order valence-corrected chi connectivity index (χ1v) is 7.38. The van der Waals surface area contributed by atoms with Gasteiger partial charge in [-0.3, -0.25) is 10.1 Å². The molecule has 0 aliphatic rings. The molecule has 0 saturated carbocycles. The van der Waals surface area contributed by atoms with Crippen LogP contribution in [0.1, 0.15) is 16.7 Å². The van der Waals surface area contributed by atoms with Crippen LogP contribution in [0.15, 0.2) is 54.6 Å². The zero-order valence-electron chi connectivity index (χ0n) is 12.6. The highest BCUT2D eigenvalue weighted by Gasteiger charge is 2.03. The fourth-order valence-electron chi connectivity index (χ4n) is 2.00. The third-order valence-corrected chi connectivity index (χ3v) is 3.30. The third kappa shape index (κ3) is 4.82. The lowest BCUT2D eigenvalue weighted by molar-refractivity contribution is -0.115. The molecule has 22 heavy (non-hydrogen) atoms. The van der Waals surface area contributed by atoms with Crippen molar-refractivity contribution in [3.63, 3.8) is 0 Å². The van der Waals surface area contributed by atoms with Crippen LogP contribution in [0.4, 0.5) is 5.69 Å². The molecule has 3 nitrogen and oxygen atoms in total. The van der Waals surface area contributed by atoms with Gasteiger partial charge in [-0.1, -0.05) is 48.0 Å². The van der Waals surface area contributed by atoms with Crippen LogP contribution in [0, 0.1) is 13.8 Å². The van der Waals surface area contributed by atoms with E-state index in [1.165, 1.54) is 11.6 Å². The van der Waals surface area contributed by atoms with Crippen LogP contribution in [0.5, 0.6) is 0 Å². The topological polar surface area (TPSA) is 41.1 Å². The molecule has 0 aliphatic heterocycles. The second-order valence-electron chi connectivity index (χ2n) is 5.01. The molecular weight excluding hydrogens is 292 g/mol. The average molecular weight is 310 g/mol. The number of rotatable bonds is 3. The highest BCUT2D eigenvalue weighted by atomic mass is 32.1. The summed E-state index contributed by atoms with van der Waals surface area (Å²) in [6.45, 7) is 4.03. The minimum absolute atomic E-state index is 0.258. The van der Waals surface area contributed by atoms with Crippen molar-refractivity contribution < 1.29 is 4.79 Å². The van der Waals surface area contributed by atoms with E-state index in [-0.39, 0.29) is 11.0 Å². The van der Waals surface area contributed by atoms with Gasteiger partial charge in [-0.2, -0.15) is 0 Å². The second-order valence-corrected chi connectivity index (χ2v) is 5.41. The van der Waals surface area contributed by atoms with Gasteiger partial charge in [-0.25, -0.2) is 0 Å². The Hall–Kier alpha value is -2.46. The van der Waals surface area contributed by atoms with E-state index in [9.17, 15) is 4.79 Å². The average Bonchev–Trinajstić information content (AvgIpc) is 2.49. The monoisotopic (exact) mass is 310 g/mol. The molecule has 2 N–H and O–H groups in total. The van der Waals surface area contributed by atoms with Crippen molar-refractivity contribution in [2.45, 2.75) is 13.8 Å². The van der Waals surface area contributed by atoms with E-state index >= 15 is 0 Å². The molecule has 0 unspecified atom stereocenters. The number of benzene rings is 2. The number of aryl methyl sites for hydroxylation is 2. The fraction of sp³-hybridized carbons (Fsp3) is 0.111. The van der Waals surface area contributed by atoms with E-state index in [1.54, 1.807) is 6.08 Å². The number of thiocarbonyl (C=S) groups is 1. The minimum atomic E-state index is -0.258. The number of hydrogen-bond donors (Lipinski definition) is 2. The van der Waals surface area contributed by atoms with E-state index < -0.39 is 0 Å². The van der Waals surface area contributed by atoms with Crippen molar-refractivity contribution in [3.8, 4) is 0 Å². The Kier molecular flexibility index (Phi) is 5.44. The summed E-state index contributed by atoms with van der Waals surface area (Å²) in [6.07, 6.45) is 3.21. The largest absolute Gasteiger partial charge is 0.332 e. The molecule has 1 amide bonds. The lowest BCUT2D eigenvalue weighted by Gasteiger charge is -2.11. The first-order chi connectivity index (χ1) is 10.5. The molecule has 2 rings (SSSR count). The molecule has 0 bridgehead atoms. The smallest absolute Gasteiger partial charge is 0.250 e. The van der Waals surface area contributed by atoms with Gasteiger partial charge < -0.3 is 5.32 Å². The van der Waals surface area contributed by atoms with Crippen molar-refractivity contribution in [1.82, 2.24) is 5.32 Å². The van der Waals surface area contributed by atoms with E-state index in [0.717, 1.165) is 16.8 Å². The summed E-state index contributed by atoms with van der Waals surface area (Å²) in [4.78, 5) is 11.8. The molecule has 112 valence electrons. The maximum Gasteiger partial charge on any atom is 0.250 e. The SMILES string of the molecule is Cc1ccc(NC(=S)NC(=O)/C=C/c2ccccc2)c(C)c1. The quantitative estimate of drug-likeness (QED) is 0.669. The van der Waals surface area contributed by atoms with Crippen LogP contribution in [0.2, 0.25) is 0 Å². The molecule has 0 spiro atoms. The third-order valence-electron chi connectivity index (χ3n) is 3.09.